The van der Waals surface area contributed by atoms with Crippen LogP contribution in [0.5, 0.6) is 0 Å². The summed E-state index contributed by atoms with van der Waals surface area (Å²) >= 11 is 0. The average molecular weight is 236 g/mol. The van der Waals surface area contributed by atoms with E-state index >= 15 is 0 Å². The van der Waals surface area contributed by atoms with Gasteiger partial charge in [-0.15, -0.1) is 0 Å². The second-order valence-corrected chi connectivity index (χ2v) is 3.78. The lowest BCUT2D eigenvalue weighted by Crippen LogP contribution is -2.83. The van der Waals surface area contributed by atoms with Crippen molar-refractivity contribution in [1.29, 1.82) is 0 Å². The van der Waals surface area contributed by atoms with Crippen molar-refractivity contribution in [3.05, 3.63) is 46.0 Å². The Bertz CT molecular complexity index is 434. The van der Waals surface area contributed by atoms with E-state index in [9.17, 15) is 10.1 Å². The Hall–Kier alpha value is -2.15. The molecule has 1 aliphatic heterocycles. The van der Waals surface area contributed by atoms with Crippen molar-refractivity contribution in [2.75, 3.05) is 0 Å². The zero-order chi connectivity index (χ0) is 12.3. The number of hydrogen-bond donors (Lipinski definition) is 3. The second-order valence-electron chi connectivity index (χ2n) is 3.78. The molecule has 1 aromatic carbocycles. The number of nitrogens with zero attached hydrogens (tertiary/aromatic N) is 2. The third kappa shape index (κ3) is 2.91. The lowest BCUT2D eigenvalue weighted by atomic mass is 10.2. The van der Waals surface area contributed by atoms with Crippen LogP contribution in [0.2, 0.25) is 0 Å². The third-order valence-corrected chi connectivity index (χ3v) is 2.40. The van der Waals surface area contributed by atoms with Gasteiger partial charge in [-0.25, -0.2) is 15.1 Å². The van der Waals surface area contributed by atoms with Crippen LogP contribution in [0.1, 0.15) is 12.5 Å². The van der Waals surface area contributed by atoms with Crippen molar-refractivity contribution in [1.82, 2.24) is 15.9 Å². The summed E-state index contributed by atoms with van der Waals surface area (Å²) in [4.78, 5) is 13.4. The molecule has 1 heterocycles. The molecule has 0 saturated carbocycles. The van der Waals surface area contributed by atoms with Gasteiger partial charge in [-0.3, -0.25) is 0 Å². The lowest BCUT2D eigenvalue weighted by Gasteiger charge is -2.14. The highest BCUT2D eigenvalue weighted by Crippen LogP contribution is 2.03. The van der Waals surface area contributed by atoms with Gasteiger partial charge in [-0.2, -0.15) is 5.43 Å². The summed E-state index contributed by atoms with van der Waals surface area (Å²) in [6.07, 6.45) is -0.551. The summed E-state index contributed by atoms with van der Waals surface area (Å²) in [5, 5.41) is 11.6. The van der Waals surface area contributed by atoms with E-state index in [-0.39, 0.29) is 0 Å². The van der Waals surface area contributed by atoms with E-state index in [0.29, 0.717) is 6.54 Å². The van der Waals surface area contributed by atoms with E-state index in [1.165, 1.54) is 0 Å². The first-order valence-corrected chi connectivity index (χ1v) is 5.23. The van der Waals surface area contributed by atoms with E-state index in [1.807, 2.05) is 37.3 Å². The van der Waals surface area contributed by atoms with Gasteiger partial charge in [0.15, 0.2) is 5.03 Å². The number of nitro groups is 1. The number of hydrazine groups is 2. The number of benzene rings is 1. The molecule has 0 aliphatic carbocycles. The van der Waals surface area contributed by atoms with Crippen LogP contribution >= 0.6 is 0 Å². The Morgan fingerprint density at radius 2 is 2.24 bits per heavy atom. The molecule has 2 rings (SSSR count). The minimum absolute atomic E-state index is 0.551. The van der Waals surface area contributed by atoms with Crippen molar-refractivity contribution < 1.29 is 10.0 Å². The summed E-state index contributed by atoms with van der Waals surface area (Å²) < 4.78 is 0. The molecular formula is C10H14N5O2+. The van der Waals surface area contributed by atoms with Gasteiger partial charge in [0.25, 0.3) is 5.84 Å². The molecule has 90 valence electrons. The molecule has 3 N–H and O–H groups in total. The van der Waals surface area contributed by atoms with Gasteiger partial charge >= 0.3 is 6.29 Å². The fourth-order valence-corrected chi connectivity index (χ4v) is 1.71. The van der Waals surface area contributed by atoms with Crippen LogP contribution in [0.4, 0.5) is 0 Å². The summed E-state index contributed by atoms with van der Waals surface area (Å²) in [5.41, 5.74) is 6.30. The number of hydrogen-bond acceptors (Lipinski definition) is 4. The van der Waals surface area contributed by atoms with Crippen LogP contribution in [-0.4, -0.2) is 22.2 Å². The Balaban J connectivity index is 2.03. The molecule has 0 aromatic heterocycles. The third-order valence-electron chi connectivity index (χ3n) is 2.40. The summed E-state index contributed by atoms with van der Waals surface area (Å²) in [7, 11) is 0. The van der Waals surface area contributed by atoms with Crippen LogP contribution in [0.25, 0.3) is 0 Å². The Labute approximate surface area is 98.2 Å². The second kappa shape index (κ2) is 4.79. The van der Waals surface area contributed by atoms with E-state index in [4.69, 9.17) is 0 Å². The topological polar surface area (TPSA) is 84.4 Å². The van der Waals surface area contributed by atoms with E-state index in [1.54, 1.807) is 5.01 Å². The minimum atomic E-state index is -0.560. The van der Waals surface area contributed by atoms with Crippen molar-refractivity contribution in [2.45, 2.75) is 19.8 Å². The normalized spacial score (nSPS) is 19.6. The van der Waals surface area contributed by atoms with Gasteiger partial charge in [0.1, 0.15) is 0 Å². The SMILES string of the molecule is CC1=[NH+]C(N[N+](=O)[O-])N(Cc2ccccc2)N1. The Kier molecular flexibility index (Phi) is 3.20. The molecule has 1 unspecified atom stereocenters. The zero-order valence-electron chi connectivity index (χ0n) is 9.38. The lowest BCUT2D eigenvalue weighted by molar-refractivity contribution is -0.644. The predicted octanol–water partition coefficient (Wildman–Crippen LogP) is -1.43. The first-order valence-electron chi connectivity index (χ1n) is 5.23. The Morgan fingerprint density at radius 3 is 2.88 bits per heavy atom. The van der Waals surface area contributed by atoms with Gasteiger partial charge in [0, 0.05) is 6.92 Å². The van der Waals surface area contributed by atoms with Gasteiger partial charge in [0.05, 0.1) is 6.54 Å². The smallest absolute Gasteiger partial charge is 0.236 e. The van der Waals surface area contributed by atoms with Crippen molar-refractivity contribution in [2.24, 2.45) is 0 Å². The monoisotopic (exact) mass is 236 g/mol. The number of rotatable bonds is 4. The molecule has 0 spiro atoms. The molecule has 7 nitrogen and oxygen atoms in total. The molecule has 17 heavy (non-hydrogen) atoms. The van der Waals surface area contributed by atoms with Gasteiger partial charge in [-0.05, 0) is 5.56 Å². The predicted molar refractivity (Wildman–Crippen MR) is 60.7 cm³/mol. The van der Waals surface area contributed by atoms with Gasteiger partial charge in [-0.1, -0.05) is 40.8 Å². The molecule has 0 saturated heterocycles. The maximum absolute atomic E-state index is 10.5. The zero-order valence-corrected chi connectivity index (χ0v) is 9.38. The Morgan fingerprint density at radius 1 is 1.53 bits per heavy atom. The number of nitrogens with one attached hydrogen (secondary N) is 3. The van der Waals surface area contributed by atoms with Crippen LogP contribution in [0.3, 0.4) is 0 Å². The van der Waals surface area contributed by atoms with Crippen LogP contribution < -0.4 is 15.8 Å². The molecule has 1 aromatic rings. The first kappa shape index (κ1) is 11.3. The van der Waals surface area contributed by atoms with Crippen LogP contribution in [0.15, 0.2) is 30.3 Å². The summed E-state index contributed by atoms with van der Waals surface area (Å²) in [5.74, 6) is 0.778. The number of amidine groups is 1. The molecule has 0 fully saturated rings. The van der Waals surface area contributed by atoms with E-state index in [0.717, 1.165) is 11.4 Å². The van der Waals surface area contributed by atoms with Crippen molar-refractivity contribution in [3.8, 4) is 0 Å². The molecule has 1 atom stereocenters. The molecular weight excluding hydrogens is 222 g/mol. The fraction of sp³-hybridized carbons (Fsp3) is 0.300. The molecule has 0 amide bonds. The average Bonchev–Trinajstić information content (AvgIpc) is 2.59. The van der Waals surface area contributed by atoms with Gasteiger partial charge in [0.2, 0.25) is 0 Å². The maximum atomic E-state index is 10.5. The standard InChI is InChI=1S/C10H13N5O2/c1-8-11-10(13-15(16)17)14(12-8)7-9-5-3-2-4-6-9/h2-6,10,13H,7H2,1H3,(H,11,12)/p+1. The van der Waals surface area contributed by atoms with Crippen LogP contribution in [0, 0.1) is 10.1 Å². The largest absolute Gasteiger partial charge is 0.310 e. The maximum Gasteiger partial charge on any atom is 0.310 e. The highest BCUT2D eigenvalue weighted by Gasteiger charge is 2.33. The highest BCUT2D eigenvalue weighted by atomic mass is 16.7. The molecule has 1 aliphatic rings. The van der Waals surface area contributed by atoms with E-state index in [2.05, 4.69) is 15.8 Å². The van der Waals surface area contributed by atoms with Crippen molar-refractivity contribution in [3.63, 3.8) is 0 Å². The summed E-state index contributed by atoms with van der Waals surface area (Å²) in [6, 6.07) is 9.75. The molecule has 7 heteroatoms. The first-order chi connectivity index (χ1) is 8.15. The summed E-state index contributed by atoms with van der Waals surface area (Å²) in [6.45, 7) is 2.39. The van der Waals surface area contributed by atoms with Crippen molar-refractivity contribution >= 4 is 5.84 Å². The van der Waals surface area contributed by atoms with E-state index < -0.39 is 11.3 Å². The fourth-order valence-electron chi connectivity index (χ4n) is 1.71. The molecule has 0 radical (unpaired) electrons. The van der Waals surface area contributed by atoms with Crippen LogP contribution in [-0.2, 0) is 6.54 Å². The molecule has 0 bridgehead atoms. The highest BCUT2D eigenvalue weighted by molar-refractivity contribution is 5.73. The quantitative estimate of drug-likeness (QED) is 0.441. The van der Waals surface area contributed by atoms with Gasteiger partial charge < -0.3 is 0 Å². The minimum Gasteiger partial charge on any atom is -0.236 e.